The zero-order chi connectivity index (χ0) is 11.5. The van der Waals surface area contributed by atoms with Crippen molar-refractivity contribution in [3.05, 3.63) is 42.0 Å². The van der Waals surface area contributed by atoms with Gasteiger partial charge in [-0.3, -0.25) is 4.98 Å². The molecule has 4 heteroatoms. The molecule has 0 aromatic carbocycles. The first-order valence-corrected chi connectivity index (χ1v) is 5.37. The summed E-state index contributed by atoms with van der Waals surface area (Å²) in [4.78, 5) is 4.21. The Morgan fingerprint density at radius 2 is 2.25 bits per heavy atom. The highest BCUT2D eigenvalue weighted by molar-refractivity contribution is 5.31. The van der Waals surface area contributed by atoms with Gasteiger partial charge in [0.25, 0.3) is 0 Å². The van der Waals surface area contributed by atoms with E-state index in [-0.39, 0.29) is 6.04 Å². The lowest BCUT2D eigenvalue weighted by Gasteiger charge is -2.06. The van der Waals surface area contributed by atoms with Crippen LogP contribution in [0, 0.1) is 6.92 Å². The highest BCUT2D eigenvalue weighted by Gasteiger charge is 2.02. The van der Waals surface area contributed by atoms with Crippen molar-refractivity contribution in [2.75, 3.05) is 0 Å². The second kappa shape index (κ2) is 4.45. The van der Waals surface area contributed by atoms with E-state index in [1.165, 1.54) is 0 Å². The Kier molecular flexibility index (Phi) is 3.01. The molecule has 0 aliphatic heterocycles. The lowest BCUT2D eigenvalue weighted by atomic mass is 10.1. The van der Waals surface area contributed by atoms with Crippen LogP contribution in [0.1, 0.15) is 18.2 Å². The van der Waals surface area contributed by atoms with Crippen molar-refractivity contribution < 1.29 is 0 Å². The number of aryl methyl sites for hydroxylation is 1. The number of nitrogens with two attached hydrogens (primary N) is 1. The van der Waals surface area contributed by atoms with E-state index >= 15 is 0 Å². The second-order valence-electron chi connectivity index (χ2n) is 4.13. The Bertz CT molecular complexity index is 473. The van der Waals surface area contributed by atoms with Gasteiger partial charge in [0.15, 0.2) is 0 Å². The summed E-state index contributed by atoms with van der Waals surface area (Å²) in [5.41, 5.74) is 8.88. The smallest absolute Gasteiger partial charge is 0.0831 e. The molecule has 0 saturated carbocycles. The van der Waals surface area contributed by atoms with Crippen molar-refractivity contribution in [3.8, 4) is 5.69 Å². The number of aromatic nitrogens is 3. The number of hydrogen-bond donors (Lipinski definition) is 1. The number of hydrogen-bond acceptors (Lipinski definition) is 3. The Hall–Kier alpha value is -1.68. The summed E-state index contributed by atoms with van der Waals surface area (Å²) in [5.74, 6) is 0. The van der Waals surface area contributed by atoms with E-state index in [1.54, 1.807) is 6.20 Å². The molecule has 2 heterocycles. The normalized spacial score (nSPS) is 12.7. The molecule has 0 aliphatic rings. The van der Waals surface area contributed by atoms with Crippen LogP contribution in [-0.4, -0.2) is 20.8 Å². The van der Waals surface area contributed by atoms with Crippen LogP contribution in [-0.2, 0) is 6.42 Å². The Morgan fingerprint density at radius 3 is 2.88 bits per heavy atom. The molecule has 16 heavy (non-hydrogen) atoms. The average Bonchev–Trinajstić information content (AvgIpc) is 2.64. The molecule has 2 N–H and O–H groups in total. The van der Waals surface area contributed by atoms with Crippen molar-refractivity contribution in [3.63, 3.8) is 0 Å². The minimum Gasteiger partial charge on any atom is -0.328 e. The van der Waals surface area contributed by atoms with Gasteiger partial charge in [0.1, 0.15) is 0 Å². The van der Waals surface area contributed by atoms with Crippen LogP contribution in [0.4, 0.5) is 0 Å². The monoisotopic (exact) mass is 216 g/mol. The molecule has 0 aliphatic carbocycles. The fourth-order valence-corrected chi connectivity index (χ4v) is 1.64. The Balaban J connectivity index is 2.28. The van der Waals surface area contributed by atoms with Crippen molar-refractivity contribution in [2.45, 2.75) is 26.3 Å². The maximum atomic E-state index is 5.77. The van der Waals surface area contributed by atoms with E-state index in [9.17, 15) is 0 Å². The number of rotatable bonds is 3. The first kappa shape index (κ1) is 10.8. The standard InChI is InChI=1S/C12H16N4/c1-9(13)5-11-6-12(8-14-7-11)16-4-3-10(2)15-16/h3-4,6-9H,5,13H2,1-2H3. The fourth-order valence-electron chi connectivity index (χ4n) is 1.64. The summed E-state index contributed by atoms with van der Waals surface area (Å²) < 4.78 is 1.83. The van der Waals surface area contributed by atoms with E-state index in [0.29, 0.717) is 0 Å². The molecule has 0 spiro atoms. The maximum absolute atomic E-state index is 5.77. The second-order valence-corrected chi connectivity index (χ2v) is 4.13. The van der Waals surface area contributed by atoms with E-state index in [4.69, 9.17) is 5.73 Å². The summed E-state index contributed by atoms with van der Waals surface area (Å²) in [7, 11) is 0. The maximum Gasteiger partial charge on any atom is 0.0831 e. The highest BCUT2D eigenvalue weighted by Crippen LogP contribution is 2.09. The van der Waals surface area contributed by atoms with Crippen LogP contribution in [0.25, 0.3) is 5.69 Å². The largest absolute Gasteiger partial charge is 0.328 e. The van der Waals surface area contributed by atoms with Crippen LogP contribution in [0.3, 0.4) is 0 Å². The van der Waals surface area contributed by atoms with Gasteiger partial charge in [0.05, 0.1) is 17.6 Å². The molecule has 0 fully saturated rings. The SMILES string of the molecule is Cc1ccn(-c2cncc(CC(C)N)c2)n1. The minimum absolute atomic E-state index is 0.149. The van der Waals surface area contributed by atoms with Crippen LogP contribution >= 0.6 is 0 Å². The van der Waals surface area contributed by atoms with Gasteiger partial charge >= 0.3 is 0 Å². The van der Waals surface area contributed by atoms with Gasteiger partial charge in [-0.25, -0.2) is 4.68 Å². The Labute approximate surface area is 95.1 Å². The predicted octanol–water partition coefficient (Wildman–Crippen LogP) is 1.47. The summed E-state index contributed by atoms with van der Waals surface area (Å²) in [5, 5.41) is 4.35. The minimum atomic E-state index is 0.149. The summed E-state index contributed by atoms with van der Waals surface area (Å²) in [6.45, 7) is 3.96. The first-order chi connectivity index (χ1) is 7.65. The van der Waals surface area contributed by atoms with Crippen molar-refractivity contribution in [1.29, 1.82) is 0 Å². The lowest BCUT2D eigenvalue weighted by Crippen LogP contribution is -2.18. The van der Waals surface area contributed by atoms with Gasteiger partial charge in [-0.1, -0.05) is 0 Å². The molecule has 4 nitrogen and oxygen atoms in total. The number of nitrogens with zero attached hydrogens (tertiary/aromatic N) is 3. The van der Waals surface area contributed by atoms with Gasteiger partial charge in [0, 0.05) is 18.4 Å². The molecule has 0 amide bonds. The molecule has 0 bridgehead atoms. The third-order valence-corrected chi connectivity index (χ3v) is 2.33. The van der Waals surface area contributed by atoms with Gasteiger partial charge in [0.2, 0.25) is 0 Å². The first-order valence-electron chi connectivity index (χ1n) is 5.37. The molecule has 1 atom stereocenters. The average molecular weight is 216 g/mol. The van der Waals surface area contributed by atoms with Crippen molar-refractivity contribution >= 4 is 0 Å². The molecular formula is C12H16N4. The molecule has 2 aromatic rings. The van der Waals surface area contributed by atoms with E-state index in [0.717, 1.165) is 23.4 Å². The number of pyridine rings is 1. The van der Waals surface area contributed by atoms with Crippen molar-refractivity contribution in [1.82, 2.24) is 14.8 Å². The summed E-state index contributed by atoms with van der Waals surface area (Å²) in [6.07, 6.45) is 6.42. The van der Waals surface area contributed by atoms with Gasteiger partial charge in [-0.05, 0) is 38.0 Å². The third-order valence-electron chi connectivity index (χ3n) is 2.33. The van der Waals surface area contributed by atoms with Gasteiger partial charge < -0.3 is 5.73 Å². The fraction of sp³-hybridized carbons (Fsp3) is 0.333. The molecule has 2 aromatic heterocycles. The molecular weight excluding hydrogens is 200 g/mol. The van der Waals surface area contributed by atoms with Gasteiger partial charge in [-0.2, -0.15) is 5.10 Å². The third kappa shape index (κ3) is 2.46. The lowest BCUT2D eigenvalue weighted by molar-refractivity contribution is 0.733. The topological polar surface area (TPSA) is 56.7 Å². The van der Waals surface area contributed by atoms with Crippen LogP contribution in [0.2, 0.25) is 0 Å². The molecule has 84 valence electrons. The molecule has 1 unspecified atom stereocenters. The zero-order valence-corrected chi connectivity index (χ0v) is 9.59. The van der Waals surface area contributed by atoms with Crippen LogP contribution in [0.15, 0.2) is 30.7 Å². The Morgan fingerprint density at radius 1 is 1.44 bits per heavy atom. The quantitative estimate of drug-likeness (QED) is 0.845. The molecule has 0 radical (unpaired) electrons. The van der Waals surface area contributed by atoms with E-state index in [2.05, 4.69) is 16.1 Å². The van der Waals surface area contributed by atoms with Crippen LogP contribution < -0.4 is 5.73 Å². The predicted molar refractivity (Wildman–Crippen MR) is 63.4 cm³/mol. The summed E-state index contributed by atoms with van der Waals surface area (Å²) in [6, 6.07) is 4.19. The molecule has 2 rings (SSSR count). The van der Waals surface area contributed by atoms with Crippen molar-refractivity contribution in [2.24, 2.45) is 5.73 Å². The zero-order valence-electron chi connectivity index (χ0n) is 9.59. The van der Waals surface area contributed by atoms with E-state index in [1.807, 2.05) is 37.0 Å². The summed E-state index contributed by atoms with van der Waals surface area (Å²) >= 11 is 0. The van der Waals surface area contributed by atoms with Crippen LogP contribution in [0.5, 0.6) is 0 Å². The van der Waals surface area contributed by atoms with Gasteiger partial charge in [-0.15, -0.1) is 0 Å². The van der Waals surface area contributed by atoms with E-state index < -0.39 is 0 Å². The molecule has 0 saturated heterocycles. The highest BCUT2D eigenvalue weighted by atomic mass is 15.3.